The zero-order chi connectivity index (χ0) is 16.2. The lowest BCUT2D eigenvalue weighted by Crippen LogP contribution is -2.32. The summed E-state index contributed by atoms with van der Waals surface area (Å²) in [6, 6.07) is 3.39. The van der Waals surface area contributed by atoms with Crippen molar-refractivity contribution in [2.45, 2.75) is 29.9 Å². The number of thiophene rings is 1. The Morgan fingerprint density at radius 3 is 2.68 bits per heavy atom. The van der Waals surface area contributed by atoms with Crippen molar-refractivity contribution < 1.29 is 13.5 Å². The van der Waals surface area contributed by atoms with Crippen LogP contribution in [0.15, 0.2) is 22.4 Å². The molecule has 1 fully saturated rings. The fraction of sp³-hybridized carbons (Fsp3) is 0.600. The van der Waals surface area contributed by atoms with E-state index in [0.29, 0.717) is 5.92 Å². The molecule has 1 aliphatic rings. The molecule has 2 rings (SSSR count). The standard InChI is InChI=1S/C15H24N2O3S2/c1-17(2)11-16-22(19,20)15-8-7-14(21-15)13(10-18)9-12-5-3-4-6-12/h7-9,12,16,18H,3-6,10-11H2,1-2H3/b13-9+. The summed E-state index contributed by atoms with van der Waals surface area (Å²) >= 11 is 1.21. The third-order valence-electron chi connectivity index (χ3n) is 3.74. The second-order valence-electron chi connectivity index (χ2n) is 5.90. The molecule has 0 amide bonds. The van der Waals surface area contributed by atoms with Crippen LogP contribution in [-0.4, -0.2) is 45.8 Å². The Kier molecular flexibility index (Phi) is 6.17. The van der Waals surface area contributed by atoms with Gasteiger partial charge in [0.15, 0.2) is 0 Å². The Morgan fingerprint density at radius 1 is 1.41 bits per heavy atom. The van der Waals surface area contributed by atoms with Gasteiger partial charge in [-0.2, -0.15) is 4.72 Å². The molecule has 0 unspecified atom stereocenters. The second-order valence-corrected chi connectivity index (χ2v) is 8.98. The first-order valence-electron chi connectivity index (χ1n) is 7.48. The molecule has 124 valence electrons. The summed E-state index contributed by atoms with van der Waals surface area (Å²) in [7, 11) is 0.119. The van der Waals surface area contributed by atoms with Crippen LogP contribution in [0.4, 0.5) is 0 Å². The maximum Gasteiger partial charge on any atom is 0.251 e. The van der Waals surface area contributed by atoms with Gasteiger partial charge in [0.05, 0.1) is 13.3 Å². The zero-order valence-electron chi connectivity index (χ0n) is 13.1. The Hall–Kier alpha value is -0.730. The fourth-order valence-corrected chi connectivity index (χ4v) is 5.00. The van der Waals surface area contributed by atoms with Crippen LogP contribution in [0.2, 0.25) is 0 Å². The first-order valence-corrected chi connectivity index (χ1v) is 9.78. The van der Waals surface area contributed by atoms with E-state index >= 15 is 0 Å². The summed E-state index contributed by atoms with van der Waals surface area (Å²) < 4.78 is 27.2. The molecular weight excluding hydrogens is 320 g/mol. The van der Waals surface area contributed by atoms with Crippen molar-refractivity contribution in [2.75, 3.05) is 27.4 Å². The van der Waals surface area contributed by atoms with Crippen molar-refractivity contribution in [1.82, 2.24) is 9.62 Å². The fourth-order valence-electron chi connectivity index (χ4n) is 2.54. The molecule has 1 aromatic rings. The minimum absolute atomic E-state index is 0.0539. The second kappa shape index (κ2) is 7.70. The van der Waals surface area contributed by atoms with Crippen LogP contribution in [0, 0.1) is 5.92 Å². The van der Waals surface area contributed by atoms with Crippen LogP contribution >= 0.6 is 11.3 Å². The molecular formula is C15H24N2O3S2. The van der Waals surface area contributed by atoms with Crippen LogP contribution in [-0.2, 0) is 10.0 Å². The largest absolute Gasteiger partial charge is 0.392 e. The molecule has 22 heavy (non-hydrogen) atoms. The average Bonchev–Trinajstić information content (AvgIpc) is 3.14. The molecule has 0 spiro atoms. The molecule has 1 aromatic heterocycles. The zero-order valence-corrected chi connectivity index (χ0v) is 14.7. The predicted octanol–water partition coefficient (Wildman–Crippen LogP) is 2.11. The van der Waals surface area contributed by atoms with Crippen molar-refractivity contribution in [3.63, 3.8) is 0 Å². The van der Waals surface area contributed by atoms with Gasteiger partial charge in [-0.15, -0.1) is 11.3 Å². The van der Waals surface area contributed by atoms with Gasteiger partial charge < -0.3 is 5.11 Å². The van der Waals surface area contributed by atoms with Crippen LogP contribution in [0.1, 0.15) is 30.6 Å². The summed E-state index contributed by atoms with van der Waals surface area (Å²) in [5.41, 5.74) is 0.839. The van der Waals surface area contributed by atoms with E-state index in [1.807, 2.05) is 0 Å². The Labute approximate surface area is 136 Å². The van der Waals surface area contributed by atoms with E-state index in [0.717, 1.165) is 23.3 Å². The Balaban J connectivity index is 2.15. The van der Waals surface area contributed by atoms with Gasteiger partial charge in [-0.3, -0.25) is 4.90 Å². The van der Waals surface area contributed by atoms with Gasteiger partial charge in [0.1, 0.15) is 4.21 Å². The SMILES string of the molecule is CN(C)CNS(=O)(=O)c1ccc(/C(=C/C2CCCC2)CO)s1. The average molecular weight is 345 g/mol. The maximum absolute atomic E-state index is 12.2. The maximum atomic E-state index is 12.2. The summed E-state index contributed by atoms with van der Waals surface area (Å²) in [4.78, 5) is 2.59. The molecule has 0 atom stereocenters. The first kappa shape index (κ1) is 17.6. The highest BCUT2D eigenvalue weighted by atomic mass is 32.2. The molecule has 1 aliphatic carbocycles. The van der Waals surface area contributed by atoms with Gasteiger partial charge in [-0.05, 0) is 50.6 Å². The molecule has 1 saturated carbocycles. The lowest BCUT2D eigenvalue weighted by molar-refractivity contribution is 0.349. The summed E-state index contributed by atoms with van der Waals surface area (Å²) in [5, 5.41) is 9.59. The van der Waals surface area contributed by atoms with Crippen molar-refractivity contribution in [1.29, 1.82) is 0 Å². The highest BCUT2D eigenvalue weighted by Crippen LogP contribution is 2.32. The van der Waals surface area contributed by atoms with E-state index < -0.39 is 10.0 Å². The van der Waals surface area contributed by atoms with Crippen molar-refractivity contribution in [3.8, 4) is 0 Å². The third-order valence-corrected chi connectivity index (χ3v) is 6.78. The number of nitrogens with one attached hydrogen (secondary N) is 1. The van der Waals surface area contributed by atoms with Gasteiger partial charge in [0.25, 0.3) is 10.0 Å². The monoisotopic (exact) mass is 344 g/mol. The number of hydrogen-bond donors (Lipinski definition) is 2. The molecule has 0 saturated heterocycles. The van der Waals surface area contributed by atoms with Crippen LogP contribution < -0.4 is 4.72 Å². The minimum Gasteiger partial charge on any atom is -0.392 e. The summed E-state index contributed by atoms with van der Waals surface area (Å²) in [6.07, 6.45) is 6.90. The van der Waals surface area contributed by atoms with Gasteiger partial charge >= 0.3 is 0 Å². The number of aliphatic hydroxyl groups excluding tert-OH is 1. The molecule has 7 heteroatoms. The number of nitrogens with zero attached hydrogens (tertiary/aromatic N) is 1. The normalized spacial score (nSPS) is 17.5. The van der Waals surface area contributed by atoms with E-state index in [1.165, 1.54) is 24.2 Å². The summed E-state index contributed by atoms with van der Waals surface area (Å²) in [5.74, 6) is 0.510. The van der Waals surface area contributed by atoms with Crippen molar-refractivity contribution in [3.05, 3.63) is 23.1 Å². The van der Waals surface area contributed by atoms with Crippen LogP contribution in [0.5, 0.6) is 0 Å². The van der Waals surface area contributed by atoms with E-state index in [9.17, 15) is 13.5 Å². The number of rotatable bonds is 7. The Bertz CT molecular complexity index is 614. The van der Waals surface area contributed by atoms with Crippen molar-refractivity contribution >= 4 is 26.9 Å². The quantitative estimate of drug-likeness (QED) is 0.743. The van der Waals surface area contributed by atoms with E-state index in [1.54, 1.807) is 31.1 Å². The molecule has 0 aliphatic heterocycles. The molecule has 0 aromatic carbocycles. The summed E-state index contributed by atoms with van der Waals surface area (Å²) in [6.45, 7) is 0.210. The highest BCUT2D eigenvalue weighted by Gasteiger charge is 2.19. The lowest BCUT2D eigenvalue weighted by Gasteiger charge is -2.10. The third kappa shape index (κ3) is 4.63. The van der Waals surface area contributed by atoms with Gasteiger partial charge in [0, 0.05) is 4.88 Å². The highest BCUT2D eigenvalue weighted by molar-refractivity contribution is 7.91. The van der Waals surface area contributed by atoms with Crippen LogP contribution in [0.25, 0.3) is 5.57 Å². The minimum atomic E-state index is -3.49. The first-order chi connectivity index (χ1) is 10.4. The van der Waals surface area contributed by atoms with Crippen LogP contribution in [0.3, 0.4) is 0 Å². The molecule has 0 bridgehead atoms. The van der Waals surface area contributed by atoms with Gasteiger partial charge in [-0.1, -0.05) is 18.9 Å². The van der Waals surface area contributed by atoms with Gasteiger partial charge in [-0.25, -0.2) is 8.42 Å². The smallest absolute Gasteiger partial charge is 0.251 e. The molecule has 1 heterocycles. The van der Waals surface area contributed by atoms with Crippen molar-refractivity contribution in [2.24, 2.45) is 5.92 Å². The van der Waals surface area contributed by atoms with E-state index in [-0.39, 0.29) is 17.5 Å². The Morgan fingerprint density at radius 2 is 2.09 bits per heavy atom. The molecule has 0 radical (unpaired) electrons. The predicted molar refractivity (Wildman–Crippen MR) is 90.2 cm³/mol. The number of hydrogen-bond acceptors (Lipinski definition) is 5. The molecule has 5 nitrogen and oxygen atoms in total. The van der Waals surface area contributed by atoms with Gasteiger partial charge in [0.2, 0.25) is 0 Å². The van der Waals surface area contributed by atoms with E-state index in [2.05, 4.69) is 10.8 Å². The lowest BCUT2D eigenvalue weighted by atomic mass is 10.0. The number of sulfonamides is 1. The molecule has 2 N–H and O–H groups in total. The number of allylic oxidation sites excluding steroid dienone is 1. The van der Waals surface area contributed by atoms with E-state index in [4.69, 9.17) is 0 Å². The topological polar surface area (TPSA) is 69.6 Å². The number of aliphatic hydroxyl groups is 1.